The summed E-state index contributed by atoms with van der Waals surface area (Å²) >= 11 is 0. The van der Waals surface area contributed by atoms with Crippen molar-refractivity contribution in [3.8, 4) is 0 Å². The number of nitrogens with zero attached hydrogens (tertiary/aromatic N) is 2. The molecule has 2 atom stereocenters. The molecule has 120 valence electrons. The van der Waals surface area contributed by atoms with Crippen LogP contribution in [0.25, 0.3) is 16.4 Å². The molecule has 0 saturated carbocycles. The maximum Gasteiger partial charge on any atom is 0.333 e. The van der Waals surface area contributed by atoms with Gasteiger partial charge in [-0.1, -0.05) is 18.2 Å². The topological polar surface area (TPSA) is 52.7 Å². The lowest BCUT2D eigenvalue weighted by atomic mass is 9.85. The first kappa shape index (κ1) is 13.7. The molecule has 0 bridgehead atoms. The summed E-state index contributed by atoms with van der Waals surface area (Å²) in [4.78, 5) is 25.2. The minimum atomic E-state index is -0.624. The smallest absolute Gasteiger partial charge is 0.333 e. The third-order valence-corrected chi connectivity index (χ3v) is 5.26. The van der Waals surface area contributed by atoms with Gasteiger partial charge in [-0.2, -0.15) is 0 Å². The molecule has 3 heterocycles. The highest BCUT2D eigenvalue weighted by Gasteiger charge is 2.43. The van der Waals surface area contributed by atoms with Gasteiger partial charge in [-0.3, -0.25) is 13.8 Å². The highest BCUT2D eigenvalue weighted by atomic mass is 16.5. The van der Waals surface area contributed by atoms with Crippen molar-refractivity contribution >= 4 is 22.2 Å². The molecule has 5 nitrogen and oxygen atoms in total. The van der Waals surface area contributed by atoms with Crippen molar-refractivity contribution in [3.63, 3.8) is 0 Å². The van der Waals surface area contributed by atoms with Crippen LogP contribution >= 0.6 is 0 Å². The number of carbonyl (C=O) groups excluding carboxylic acids is 1. The second-order valence-corrected chi connectivity index (χ2v) is 6.74. The second-order valence-electron chi connectivity index (χ2n) is 6.74. The Morgan fingerprint density at radius 1 is 1.21 bits per heavy atom. The van der Waals surface area contributed by atoms with Crippen LogP contribution in [0.15, 0.2) is 53.3 Å². The maximum absolute atomic E-state index is 13.3. The van der Waals surface area contributed by atoms with Crippen LogP contribution < -0.4 is 5.69 Å². The number of ketones is 1. The largest absolute Gasteiger partial charge is 0.363 e. The quantitative estimate of drug-likeness (QED) is 0.640. The van der Waals surface area contributed by atoms with Gasteiger partial charge in [-0.15, -0.1) is 0 Å². The summed E-state index contributed by atoms with van der Waals surface area (Å²) in [6.07, 6.45) is 3.64. The van der Waals surface area contributed by atoms with Crippen molar-refractivity contribution in [1.82, 2.24) is 8.97 Å². The fourth-order valence-corrected chi connectivity index (χ4v) is 3.96. The van der Waals surface area contributed by atoms with Gasteiger partial charge in [0.05, 0.1) is 29.4 Å². The number of para-hydroxylation sites is 1. The van der Waals surface area contributed by atoms with Crippen molar-refractivity contribution < 1.29 is 9.53 Å². The van der Waals surface area contributed by atoms with Gasteiger partial charge in [-0.25, -0.2) is 4.79 Å². The van der Waals surface area contributed by atoms with Crippen LogP contribution in [0.2, 0.25) is 0 Å². The molecule has 0 amide bonds. The fourth-order valence-electron chi connectivity index (χ4n) is 3.96. The predicted molar refractivity (Wildman–Crippen MR) is 90.2 cm³/mol. The predicted octanol–water partition coefficient (Wildman–Crippen LogP) is 2.61. The summed E-state index contributed by atoms with van der Waals surface area (Å²) in [5.74, 6) is 0.0262. The molecule has 0 fully saturated rings. The lowest BCUT2D eigenvalue weighted by molar-refractivity contribution is -0.123. The fraction of sp³-hybridized carbons (Fsp3) is 0.263. The zero-order valence-electron chi connectivity index (χ0n) is 13.2. The van der Waals surface area contributed by atoms with Gasteiger partial charge >= 0.3 is 5.69 Å². The van der Waals surface area contributed by atoms with E-state index in [0.29, 0.717) is 6.61 Å². The van der Waals surface area contributed by atoms with Gasteiger partial charge in [0.1, 0.15) is 5.60 Å². The molecular formula is C19H16N2O3. The molecule has 0 saturated heterocycles. The number of aromatic nitrogens is 2. The van der Waals surface area contributed by atoms with E-state index in [2.05, 4.69) is 0 Å². The van der Waals surface area contributed by atoms with Crippen molar-refractivity contribution in [3.05, 3.63) is 64.7 Å². The van der Waals surface area contributed by atoms with Gasteiger partial charge in [0.2, 0.25) is 0 Å². The first-order valence-corrected chi connectivity index (χ1v) is 8.07. The highest BCUT2D eigenvalue weighted by Crippen LogP contribution is 2.39. The Balaban J connectivity index is 1.87. The number of carbonyl (C=O) groups is 1. The van der Waals surface area contributed by atoms with E-state index in [1.54, 1.807) is 21.1 Å². The van der Waals surface area contributed by atoms with Crippen LogP contribution in [0.1, 0.15) is 25.1 Å². The summed E-state index contributed by atoms with van der Waals surface area (Å²) < 4.78 is 9.50. The minimum Gasteiger partial charge on any atom is -0.363 e. The van der Waals surface area contributed by atoms with Crippen molar-refractivity contribution in [2.75, 3.05) is 0 Å². The van der Waals surface area contributed by atoms with Crippen LogP contribution in [-0.2, 0) is 16.1 Å². The molecule has 0 radical (unpaired) electrons. The van der Waals surface area contributed by atoms with E-state index in [0.717, 1.165) is 22.1 Å². The molecule has 2 aromatic heterocycles. The molecular weight excluding hydrogens is 304 g/mol. The normalized spacial score (nSPS) is 25.9. The number of allylic oxidation sites excluding steroid dienone is 1. The van der Waals surface area contributed by atoms with Crippen LogP contribution in [0.3, 0.4) is 0 Å². The molecule has 24 heavy (non-hydrogen) atoms. The molecule has 0 unspecified atom stereocenters. The summed E-state index contributed by atoms with van der Waals surface area (Å²) in [5, 5.41) is 1.03. The van der Waals surface area contributed by atoms with Crippen LogP contribution in [0.5, 0.6) is 0 Å². The van der Waals surface area contributed by atoms with Gasteiger partial charge < -0.3 is 4.74 Å². The molecule has 3 aromatic rings. The van der Waals surface area contributed by atoms with E-state index in [1.807, 2.05) is 43.3 Å². The minimum absolute atomic E-state index is 0.0262. The number of ether oxygens (including phenoxy) is 1. The number of fused-ring (bicyclic) bond motifs is 6. The van der Waals surface area contributed by atoms with Crippen LogP contribution in [0.4, 0.5) is 0 Å². The van der Waals surface area contributed by atoms with Crippen molar-refractivity contribution in [2.24, 2.45) is 0 Å². The Labute approximate surface area is 137 Å². The number of rotatable bonds is 0. The van der Waals surface area contributed by atoms with E-state index < -0.39 is 5.60 Å². The molecule has 2 aliphatic rings. The molecule has 5 rings (SSSR count). The molecule has 1 aliphatic carbocycles. The first-order valence-electron chi connectivity index (χ1n) is 8.07. The second kappa shape index (κ2) is 4.45. The Hall–Kier alpha value is -2.66. The standard InChI is InChI=1S/C19H16N2O3/c1-19-7-6-15(22)10-17(19)21-14(11-24-19)9-13-8-12-4-2-3-5-16(12)20(13)18(21)23/h2-9,17H,10-11H2,1H3/t17-,19+/m1/s1. The molecule has 0 spiro atoms. The average molecular weight is 320 g/mol. The van der Waals surface area contributed by atoms with E-state index in [-0.39, 0.29) is 23.9 Å². The van der Waals surface area contributed by atoms with E-state index in [1.165, 1.54) is 0 Å². The van der Waals surface area contributed by atoms with Crippen molar-refractivity contribution in [1.29, 1.82) is 0 Å². The van der Waals surface area contributed by atoms with E-state index in [9.17, 15) is 9.59 Å². The Morgan fingerprint density at radius 2 is 2.04 bits per heavy atom. The SMILES string of the molecule is C[C@]12C=CC(=O)C[C@H]1n1c(cc3cc4ccccc4n3c1=O)CO2. The number of hydrogen-bond donors (Lipinski definition) is 0. The average Bonchev–Trinajstić information content (AvgIpc) is 2.94. The third kappa shape index (κ3) is 1.67. The van der Waals surface area contributed by atoms with E-state index >= 15 is 0 Å². The summed E-state index contributed by atoms with van der Waals surface area (Å²) in [6, 6.07) is 11.5. The lowest BCUT2D eigenvalue weighted by Crippen LogP contribution is -2.50. The summed E-state index contributed by atoms with van der Waals surface area (Å²) in [7, 11) is 0. The third-order valence-electron chi connectivity index (χ3n) is 5.26. The molecule has 0 N–H and O–H groups in total. The number of hydrogen-bond acceptors (Lipinski definition) is 3. The monoisotopic (exact) mass is 320 g/mol. The lowest BCUT2D eigenvalue weighted by Gasteiger charge is -2.42. The maximum atomic E-state index is 13.3. The number of benzene rings is 1. The van der Waals surface area contributed by atoms with Gasteiger partial charge in [0.25, 0.3) is 0 Å². The van der Waals surface area contributed by atoms with Crippen LogP contribution in [0, 0.1) is 0 Å². The Morgan fingerprint density at radius 3 is 2.92 bits per heavy atom. The van der Waals surface area contributed by atoms with Crippen LogP contribution in [-0.4, -0.2) is 20.4 Å². The van der Waals surface area contributed by atoms with E-state index in [4.69, 9.17) is 4.74 Å². The van der Waals surface area contributed by atoms with Crippen molar-refractivity contribution in [2.45, 2.75) is 31.6 Å². The summed E-state index contributed by atoms with van der Waals surface area (Å²) in [6.45, 7) is 2.30. The zero-order chi connectivity index (χ0) is 16.5. The Kier molecular flexibility index (Phi) is 2.55. The Bertz CT molecular complexity index is 1100. The van der Waals surface area contributed by atoms with Gasteiger partial charge in [0, 0.05) is 11.8 Å². The molecule has 1 aliphatic heterocycles. The van der Waals surface area contributed by atoms with Gasteiger partial charge in [-0.05, 0) is 37.3 Å². The zero-order valence-corrected chi connectivity index (χ0v) is 13.2. The molecule has 1 aromatic carbocycles. The highest BCUT2D eigenvalue weighted by molar-refractivity contribution is 5.91. The molecule has 5 heteroatoms. The van der Waals surface area contributed by atoms with Gasteiger partial charge in [0.15, 0.2) is 5.78 Å². The summed E-state index contributed by atoms with van der Waals surface area (Å²) in [5.41, 5.74) is 1.84. The first-order chi connectivity index (χ1) is 11.6.